The van der Waals surface area contributed by atoms with Crippen molar-refractivity contribution in [2.45, 2.75) is 45.3 Å². The van der Waals surface area contributed by atoms with E-state index < -0.39 is 0 Å². The van der Waals surface area contributed by atoms with Gasteiger partial charge in [-0.1, -0.05) is 24.6 Å². The zero-order valence-electron chi connectivity index (χ0n) is 12.6. The lowest BCUT2D eigenvalue weighted by Gasteiger charge is -2.43. The van der Waals surface area contributed by atoms with Crippen molar-refractivity contribution in [2.75, 3.05) is 26.2 Å². The number of nitrogens with two attached hydrogens (primary N) is 1. The van der Waals surface area contributed by atoms with Crippen LogP contribution < -0.4 is 5.73 Å². The van der Waals surface area contributed by atoms with Crippen molar-refractivity contribution in [3.8, 4) is 0 Å². The molecule has 2 fully saturated rings. The number of nitrogens with zero attached hydrogens (tertiary/aromatic N) is 2. The second kappa shape index (κ2) is 6.25. The Bertz CT molecular complexity index is 446. The SMILES string of the molecule is Cc1cc(CN)ccc1CN1CCN(C2CCC2)CC1. The Morgan fingerprint density at radius 3 is 2.45 bits per heavy atom. The van der Waals surface area contributed by atoms with E-state index in [1.807, 2.05) is 0 Å². The molecule has 0 unspecified atom stereocenters. The van der Waals surface area contributed by atoms with Crippen molar-refractivity contribution in [1.29, 1.82) is 0 Å². The molecule has 2 aliphatic rings. The van der Waals surface area contributed by atoms with Gasteiger partial charge in [-0.25, -0.2) is 0 Å². The molecule has 0 radical (unpaired) electrons. The average molecular weight is 273 g/mol. The van der Waals surface area contributed by atoms with Gasteiger partial charge in [0.2, 0.25) is 0 Å². The highest BCUT2D eigenvalue weighted by atomic mass is 15.3. The van der Waals surface area contributed by atoms with Gasteiger partial charge in [0.25, 0.3) is 0 Å². The Hall–Kier alpha value is -0.900. The molecule has 1 aliphatic carbocycles. The van der Waals surface area contributed by atoms with Crippen LogP contribution in [-0.4, -0.2) is 42.0 Å². The Kier molecular flexibility index (Phi) is 4.39. The number of hydrogen-bond acceptors (Lipinski definition) is 3. The molecule has 0 spiro atoms. The van der Waals surface area contributed by atoms with Crippen molar-refractivity contribution in [2.24, 2.45) is 5.73 Å². The summed E-state index contributed by atoms with van der Waals surface area (Å²) in [7, 11) is 0. The number of piperazine rings is 1. The molecule has 3 nitrogen and oxygen atoms in total. The van der Waals surface area contributed by atoms with Gasteiger partial charge in [0.1, 0.15) is 0 Å². The lowest BCUT2D eigenvalue weighted by atomic mass is 9.91. The molecule has 1 aliphatic heterocycles. The van der Waals surface area contributed by atoms with E-state index in [1.165, 1.54) is 62.1 Å². The van der Waals surface area contributed by atoms with E-state index in [2.05, 4.69) is 34.9 Å². The summed E-state index contributed by atoms with van der Waals surface area (Å²) in [4.78, 5) is 5.30. The summed E-state index contributed by atoms with van der Waals surface area (Å²) in [5, 5.41) is 0. The molecule has 0 atom stereocenters. The van der Waals surface area contributed by atoms with Crippen LogP contribution in [0, 0.1) is 6.92 Å². The highest BCUT2D eigenvalue weighted by molar-refractivity contribution is 5.31. The van der Waals surface area contributed by atoms with Crippen LogP contribution in [0.25, 0.3) is 0 Å². The van der Waals surface area contributed by atoms with Crippen molar-refractivity contribution in [3.05, 3.63) is 34.9 Å². The third-order valence-electron chi connectivity index (χ3n) is 5.03. The fourth-order valence-corrected chi connectivity index (χ4v) is 3.34. The van der Waals surface area contributed by atoms with Crippen LogP contribution in [0.5, 0.6) is 0 Å². The number of rotatable bonds is 4. The van der Waals surface area contributed by atoms with Crippen molar-refractivity contribution in [1.82, 2.24) is 9.80 Å². The Morgan fingerprint density at radius 2 is 1.90 bits per heavy atom. The van der Waals surface area contributed by atoms with Gasteiger partial charge in [-0.2, -0.15) is 0 Å². The van der Waals surface area contributed by atoms with Gasteiger partial charge in [-0.05, 0) is 36.5 Å². The van der Waals surface area contributed by atoms with Crippen molar-refractivity contribution < 1.29 is 0 Å². The Balaban J connectivity index is 1.53. The highest BCUT2D eigenvalue weighted by Gasteiger charge is 2.27. The summed E-state index contributed by atoms with van der Waals surface area (Å²) in [6, 6.07) is 7.57. The molecular formula is C17H27N3. The van der Waals surface area contributed by atoms with Crippen LogP contribution in [0.15, 0.2) is 18.2 Å². The van der Waals surface area contributed by atoms with E-state index in [-0.39, 0.29) is 0 Å². The summed E-state index contributed by atoms with van der Waals surface area (Å²) < 4.78 is 0. The summed E-state index contributed by atoms with van der Waals surface area (Å²) in [5.74, 6) is 0. The topological polar surface area (TPSA) is 32.5 Å². The van der Waals surface area contributed by atoms with Crippen LogP contribution in [-0.2, 0) is 13.1 Å². The molecule has 1 saturated heterocycles. The maximum atomic E-state index is 5.70. The monoisotopic (exact) mass is 273 g/mol. The molecule has 110 valence electrons. The van der Waals surface area contributed by atoms with Crippen molar-refractivity contribution in [3.63, 3.8) is 0 Å². The fraction of sp³-hybridized carbons (Fsp3) is 0.647. The minimum atomic E-state index is 0.640. The first-order valence-corrected chi connectivity index (χ1v) is 8.01. The third-order valence-corrected chi connectivity index (χ3v) is 5.03. The molecule has 0 amide bonds. The van der Waals surface area contributed by atoms with E-state index in [4.69, 9.17) is 5.73 Å². The first kappa shape index (κ1) is 14.1. The van der Waals surface area contributed by atoms with E-state index in [9.17, 15) is 0 Å². The fourth-order valence-electron chi connectivity index (χ4n) is 3.34. The molecule has 0 aromatic heterocycles. The largest absolute Gasteiger partial charge is 0.326 e. The van der Waals surface area contributed by atoms with E-state index >= 15 is 0 Å². The normalized spacial score (nSPS) is 21.9. The minimum absolute atomic E-state index is 0.640. The van der Waals surface area contributed by atoms with Gasteiger partial charge in [-0.3, -0.25) is 9.80 Å². The lowest BCUT2D eigenvalue weighted by molar-refractivity contribution is 0.0587. The van der Waals surface area contributed by atoms with Gasteiger partial charge in [-0.15, -0.1) is 0 Å². The third kappa shape index (κ3) is 3.05. The van der Waals surface area contributed by atoms with Crippen LogP contribution >= 0.6 is 0 Å². The number of benzene rings is 1. The lowest BCUT2D eigenvalue weighted by Crippen LogP contribution is -2.51. The molecule has 1 aromatic carbocycles. The van der Waals surface area contributed by atoms with Crippen LogP contribution in [0.1, 0.15) is 36.0 Å². The maximum absolute atomic E-state index is 5.70. The van der Waals surface area contributed by atoms with Gasteiger partial charge >= 0.3 is 0 Å². The number of aryl methyl sites for hydroxylation is 1. The van der Waals surface area contributed by atoms with Gasteiger partial charge < -0.3 is 5.73 Å². The second-order valence-corrected chi connectivity index (χ2v) is 6.36. The summed E-state index contributed by atoms with van der Waals surface area (Å²) in [5.41, 5.74) is 9.78. The second-order valence-electron chi connectivity index (χ2n) is 6.36. The summed E-state index contributed by atoms with van der Waals surface area (Å²) in [6.07, 6.45) is 4.30. The zero-order valence-corrected chi connectivity index (χ0v) is 12.6. The molecule has 3 heteroatoms. The molecule has 1 aromatic rings. The van der Waals surface area contributed by atoms with Crippen molar-refractivity contribution >= 4 is 0 Å². The van der Waals surface area contributed by atoms with Gasteiger partial charge in [0.05, 0.1) is 0 Å². The molecule has 3 rings (SSSR count). The summed E-state index contributed by atoms with van der Waals surface area (Å²) >= 11 is 0. The average Bonchev–Trinajstić information content (AvgIpc) is 2.41. The Labute approximate surface area is 122 Å². The first-order valence-electron chi connectivity index (χ1n) is 8.01. The van der Waals surface area contributed by atoms with Crippen LogP contribution in [0.3, 0.4) is 0 Å². The first-order chi connectivity index (χ1) is 9.76. The minimum Gasteiger partial charge on any atom is -0.326 e. The molecule has 1 saturated carbocycles. The van der Waals surface area contributed by atoms with E-state index in [1.54, 1.807) is 0 Å². The molecule has 0 bridgehead atoms. The number of hydrogen-bond donors (Lipinski definition) is 1. The summed E-state index contributed by atoms with van der Waals surface area (Å²) in [6.45, 7) is 8.88. The predicted molar refractivity (Wildman–Crippen MR) is 83.6 cm³/mol. The molecule has 1 heterocycles. The smallest absolute Gasteiger partial charge is 0.0237 e. The highest BCUT2D eigenvalue weighted by Crippen LogP contribution is 2.26. The molecular weight excluding hydrogens is 246 g/mol. The van der Waals surface area contributed by atoms with Crippen LogP contribution in [0.4, 0.5) is 0 Å². The van der Waals surface area contributed by atoms with Crippen LogP contribution in [0.2, 0.25) is 0 Å². The molecule has 20 heavy (non-hydrogen) atoms. The quantitative estimate of drug-likeness (QED) is 0.912. The van der Waals surface area contributed by atoms with Gasteiger partial charge in [0, 0.05) is 45.3 Å². The molecule has 2 N–H and O–H groups in total. The maximum Gasteiger partial charge on any atom is 0.0237 e. The zero-order chi connectivity index (χ0) is 13.9. The Morgan fingerprint density at radius 1 is 1.15 bits per heavy atom. The van der Waals surface area contributed by atoms with E-state index in [0.717, 1.165) is 12.6 Å². The predicted octanol–water partition coefficient (Wildman–Crippen LogP) is 2.12. The van der Waals surface area contributed by atoms with Gasteiger partial charge in [0.15, 0.2) is 0 Å². The standard InChI is InChI=1S/C17H27N3/c1-14-11-15(12-18)5-6-16(14)13-19-7-9-20(10-8-19)17-3-2-4-17/h5-6,11,17H,2-4,7-10,12-13,18H2,1H3. The van der Waals surface area contributed by atoms with E-state index in [0.29, 0.717) is 6.54 Å².